The molecule has 9 nitrogen and oxygen atoms in total. The number of ether oxygens (including phenoxy) is 1. The molecule has 0 aromatic heterocycles. The highest BCUT2D eigenvalue weighted by Crippen LogP contribution is 2.09. The number of nitrogens with two attached hydrogens (primary N) is 1. The van der Waals surface area contributed by atoms with Crippen LogP contribution in [-0.2, 0) is 14.3 Å². The molecule has 0 saturated carbocycles. The highest BCUT2D eigenvalue weighted by atomic mass is 16.6. The fourth-order valence-electron chi connectivity index (χ4n) is 3.06. The lowest BCUT2D eigenvalue weighted by atomic mass is 10.1. The molecule has 2 amide bonds. The van der Waals surface area contributed by atoms with Crippen LogP contribution in [0.1, 0.15) is 43.1 Å². The zero-order valence-corrected chi connectivity index (χ0v) is 17.9. The Hall–Kier alpha value is -2.94. The molecule has 1 aliphatic rings. The molecule has 4 N–H and O–H groups in total. The van der Waals surface area contributed by atoms with Crippen LogP contribution < -0.4 is 11.1 Å². The fraction of sp³-hybridized carbons (Fsp3) is 0.524. The molecule has 9 heteroatoms. The molecule has 1 aliphatic heterocycles. The summed E-state index contributed by atoms with van der Waals surface area (Å²) in [6.45, 7) is 8.27. The van der Waals surface area contributed by atoms with E-state index in [1.165, 1.54) is 0 Å². The summed E-state index contributed by atoms with van der Waals surface area (Å²) in [5.41, 5.74) is 5.89. The van der Waals surface area contributed by atoms with Gasteiger partial charge in [-0.1, -0.05) is 12.1 Å². The van der Waals surface area contributed by atoms with Gasteiger partial charge in [0.25, 0.3) is 5.91 Å². The van der Waals surface area contributed by atoms with Gasteiger partial charge in [-0.15, -0.1) is 0 Å². The van der Waals surface area contributed by atoms with Crippen LogP contribution in [0.2, 0.25) is 0 Å². The Morgan fingerprint density at radius 3 is 2.17 bits per heavy atom. The van der Waals surface area contributed by atoms with E-state index in [2.05, 4.69) is 5.32 Å². The first-order valence-electron chi connectivity index (χ1n) is 10.00. The minimum Gasteiger partial charge on any atom is -0.459 e. The third kappa shape index (κ3) is 7.47. The summed E-state index contributed by atoms with van der Waals surface area (Å²) in [5, 5.41) is 10.1. The van der Waals surface area contributed by atoms with Crippen molar-refractivity contribution in [2.24, 2.45) is 5.73 Å². The van der Waals surface area contributed by atoms with E-state index in [-0.39, 0.29) is 43.1 Å². The summed E-state index contributed by atoms with van der Waals surface area (Å²) < 4.78 is 5.33. The average molecular weight is 418 g/mol. The third-order valence-electron chi connectivity index (χ3n) is 4.58. The predicted octanol–water partition coefficient (Wildman–Crippen LogP) is 0.576. The smallest absolute Gasteiger partial charge is 0.320 e. The maximum absolute atomic E-state index is 12.4. The summed E-state index contributed by atoms with van der Waals surface area (Å²) in [7, 11) is 0. The van der Waals surface area contributed by atoms with Crippen molar-refractivity contribution in [1.29, 1.82) is 5.41 Å². The number of hydrogen-bond acceptors (Lipinski definition) is 6. The molecule has 1 heterocycles. The number of hydrogen-bond donors (Lipinski definition) is 3. The maximum atomic E-state index is 12.4. The van der Waals surface area contributed by atoms with E-state index in [0.29, 0.717) is 37.3 Å². The zero-order valence-electron chi connectivity index (χ0n) is 17.9. The van der Waals surface area contributed by atoms with Crippen LogP contribution in [0.5, 0.6) is 0 Å². The van der Waals surface area contributed by atoms with Gasteiger partial charge in [-0.3, -0.25) is 24.7 Å². The standard InChI is InChI=1S/C21H31N5O4/c1-21(2,3)30-18(28)14-25-10-12-26(13-11-25)17(27)8-9-24-20(29)16-6-4-15(5-7-16)19(22)23/h4-7H,8-14H2,1-3H3,(H3,22,23)(H,24,29). The molecule has 164 valence electrons. The lowest BCUT2D eigenvalue weighted by molar-refractivity contribution is -0.156. The molecule has 1 aromatic rings. The van der Waals surface area contributed by atoms with Crippen molar-refractivity contribution in [3.05, 3.63) is 35.4 Å². The zero-order chi connectivity index (χ0) is 22.3. The quantitative estimate of drug-likeness (QED) is 0.338. The molecule has 0 aliphatic carbocycles. The molecule has 0 spiro atoms. The van der Waals surface area contributed by atoms with E-state index in [9.17, 15) is 14.4 Å². The number of nitrogens with zero attached hydrogens (tertiary/aromatic N) is 2. The van der Waals surface area contributed by atoms with Gasteiger partial charge in [0.2, 0.25) is 5.91 Å². The number of nitrogens with one attached hydrogen (secondary N) is 2. The SMILES string of the molecule is CC(C)(C)OC(=O)CN1CCN(C(=O)CCNC(=O)c2ccc(C(=N)N)cc2)CC1. The van der Waals surface area contributed by atoms with Crippen LogP contribution in [0.3, 0.4) is 0 Å². The van der Waals surface area contributed by atoms with E-state index in [1.54, 1.807) is 29.2 Å². The number of carbonyl (C=O) groups is 3. The van der Waals surface area contributed by atoms with Gasteiger partial charge >= 0.3 is 5.97 Å². The second-order valence-corrected chi connectivity index (χ2v) is 8.24. The second-order valence-electron chi connectivity index (χ2n) is 8.24. The number of amides is 2. The first-order valence-corrected chi connectivity index (χ1v) is 10.00. The molecule has 1 saturated heterocycles. The van der Waals surface area contributed by atoms with Crippen molar-refractivity contribution in [3.63, 3.8) is 0 Å². The van der Waals surface area contributed by atoms with E-state index >= 15 is 0 Å². The Balaban J connectivity index is 1.69. The highest BCUT2D eigenvalue weighted by Gasteiger charge is 2.24. The highest BCUT2D eigenvalue weighted by molar-refractivity contribution is 5.98. The molecule has 0 bridgehead atoms. The molecular formula is C21H31N5O4. The van der Waals surface area contributed by atoms with Crippen molar-refractivity contribution >= 4 is 23.6 Å². The van der Waals surface area contributed by atoms with Gasteiger partial charge in [-0.05, 0) is 32.9 Å². The number of esters is 1. The van der Waals surface area contributed by atoms with Crippen LogP contribution in [0.25, 0.3) is 0 Å². The number of piperazine rings is 1. The van der Waals surface area contributed by atoms with Gasteiger partial charge in [-0.2, -0.15) is 0 Å². The van der Waals surface area contributed by atoms with Gasteiger partial charge in [0.05, 0.1) is 6.54 Å². The molecule has 0 atom stereocenters. The van der Waals surface area contributed by atoms with E-state index in [0.717, 1.165) is 0 Å². The van der Waals surface area contributed by atoms with Crippen molar-refractivity contribution in [3.8, 4) is 0 Å². The first kappa shape index (κ1) is 23.3. The number of rotatable bonds is 7. The second kappa shape index (κ2) is 10.2. The minimum atomic E-state index is -0.505. The van der Waals surface area contributed by atoms with Gasteiger partial charge < -0.3 is 20.7 Å². The van der Waals surface area contributed by atoms with Crippen LogP contribution in [0, 0.1) is 5.41 Å². The van der Waals surface area contributed by atoms with Crippen LogP contribution in [0.4, 0.5) is 0 Å². The summed E-state index contributed by atoms with van der Waals surface area (Å²) >= 11 is 0. The van der Waals surface area contributed by atoms with Gasteiger partial charge in [0, 0.05) is 50.3 Å². The third-order valence-corrected chi connectivity index (χ3v) is 4.58. The molecule has 1 aromatic carbocycles. The maximum Gasteiger partial charge on any atom is 0.320 e. The molecule has 0 unspecified atom stereocenters. The number of carbonyl (C=O) groups excluding carboxylic acids is 3. The summed E-state index contributed by atoms with van der Waals surface area (Å²) in [6, 6.07) is 6.41. The Labute approximate surface area is 177 Å². The Bertz CT molecular complexity index is 778. The number of nitrogen functional groups attached to an aromatic ring is 1. The molecule has 0 radical (unpaired) electrons. The monoisotopic (exact) mass is 417 g/mol. The van der Waals surface area contributed by atoms with Crippen molar-refractivity contribution < 1.29 is 19.1 Å². The van der Waals surface area contributed by atoms with Crippen molar-refractivity contribution in [2.75, 3.05) is 39.3 Å². The normalized spacial score (nSPS) is 14.8. The van der Waals surface area contributed by atoms with Crippen molar-refractivity contribution in [2.45, 2.75) is 32.8 Å². The Kier molecular flexibility index (Phi) is 7.93. The number of amidine groups is 1. The lowest BCUT2D eigenvalue weighted by Crippen LogP contribution is -2.50. The Morgan fingerprint density at radius 2 is 1.63 bits per heavy atom. The molecule has 30 heavy (non-hydrogen) atoms. The topological polar surface area (TPSA) is 129 Å². The van der Waals surface area contributed by atoms with E-state index < -0.39 is 5.60 Å². The molecular weight excluding hydrogens is 386 g/mol. The summed E-state index contributed by atoms with van der Waals surface area (Å²) in [5.74, 6) is -0.626. The van der Waals surface area contributed by atoms with Crippen LogP contribution in [-0.4, -0.2) is 78.3 Å². The van der Waals surface area contributed by atoms with Gasteiger partial charge in [0.1, 0.15) is 11.4 Å². The predicted molar refractivity (Wildman–Crippen MR) is 113 cm³/mol. The summed E-state index contributed by atoms with van der Waals surface area (Å²) in [6.07, 6.45) is 0.212. The summed E-state index contributed by atoms with van der Waals surface area (Å²) in [4.78, 5) is 40.2. The molecule has 1 fully saturated rings. The van der Waals surface area contributed by atoms with Crippen LogP contribution >= 0.6 is 0 Å². The largest absolute Gasteiger partial charge is 0.459 e. The van der Waals surface area contributed by atoms with Crippen LogP contribution in [0.15, 0.2) is 24.3 Å². The molecule has 2 rings (SSSR count). The van der Waals surface area contributed by atoms with E-state index in [4.69, 9.17) is 15.9 Å². The Morgan fingerprint density at radius 1 is 1.07 bits per heavy atom. The van der Waals surface area contributed by atoms with E-state index in [1.807, 2.05) is 25.7 Å². The van der Waals surface area contributed by atoms with Gasteiger partial charge in [-0.25, -0.2) is 0 Å². The first-order chi connectivity index (χ1) is 14.0. The fourth-order valence-corrected chi connectivity index (χ4v) is 3.06. The van der Waals surface area contributed by atoms with Gasteiger partial charge in [0.15, 0.2) is 0 Å². The lowest BCUT2D eigenvalue weighted by Gasteiger charge is -2.34. The average Bonchev–Trinajstić information content (AvgIpc) is 2.67. The minimum absolute atomic E-state index is 0.0286. The number of benzene rings is 1. The van der Waals surface area contributed by atoms with Crippen molar-refractivity contribution in [1.82, 2.24) is 15.1 Å².